The van der Waals surface area contributed by atoms with Crippen molar-refractivity contribution >= 4 is 23.2 Å². The summed E-state index contributed by atoms with van der Waals surface area (Å²) in [6.45, 7) is 1.53. The van der Waals surface area contributed by atoms with Gasteiger partial charge in [0.25, 0.3) is 0 Å². The molecular formula is C16H19ClFN3O2. The largest absolute Gasteiger partial charge is 0.489 e. The summed E-state index contributed by atoms with van der Waals surface area (Å²) in [6.07, 6.45) is 4.09. The van der Waals surface area contributed by atoms with E-state index in [9.17, 15) is 9.18 Å². The summed E-state index contributed by atoms with van der Waals surface area (Å²) >= 11 is 5.77. The Morgan fingerprint density at radius 3 is 2.87 bits per heavy atom. The highest BCUT2D eigenvalue weighted by atomic mass is 35.5. The molecule has 1 aromatic carbocycles. The van der Waals surface area contributed by atoms with Crippen LogP contribution in [0.4, 0.5) is 10.1 Å². The molecule has 0 saturated heterocycles. The van der Waals surface area contributed by atoms with E-state index in [2.05, 4.69) is 5.10 Å². The zero-order valence-electron chi connectivity index (χ0n) is 12.9. The summed E-state index contributed by atoms with van der Waals surface area (Å²) in [7, 11) is 0. The van der Waals surface area contributed by atoms with Crippen LogP contribution >= 0.6 is 11.6 Å². The summed E-state index contributed by atoms with van der Waals surface area (Å²) in [4.78, 5) is 13.9. The molecule has 0 radical (unpaired) electrons. The van der Waals surface area contributed by atoms with Gasteiger partial charge < -0.3 is 4.74 Å². The number of hydrogen-bond acceptors (Lipinski definition) is 3. The molecule has 0 saturated carbocycles. The number of nitrogens with zero attached hydrogens (tertiary/aromatic N) is 3. The van der Waals surface area contributed by atoms with Crippen molar-refractivity contribution in [1.82, 2.24) is 9.78 Å². The van der Waals surface area contributed by atoms with Crippen LogP contribution in [0.1, 0.15) is 12.5 Å². The number of anilines is 1. The van der Waals surface area contributed by atoms with Crippen molar-refractivity contribution in [3.63, 3.8) is 0 Å². The maximum Gasteiger partial charge on any atom is 0.243 e. The Hall–Kier alpha value is -2.08. The summed E-state index contributed by atoms with van der Waals surface area (Å²) < 4.78 is 19.6. The van der Waals surface area contributed by atoms with Crippen LogP contribution < -0.4 is 9.64 Å². The van der Waals surface area contributed by atoms with Gasteiger partial charge in [-0.2, -0.15) is 5.10 Å². The van der Waals surface area contributed by atoms with E-state index in [4.69, 9.17) is 16.3 Å². The van der Waals surface area contributed by atoms with Gasteiger partial charge in [-0.1, -0.05) is 19.1 Å². The molecule has 1 heterocycles. The third-order valence-corrected chi connectivity index (χ3v) is 3.56. The van der Waals surface area contributed by atoms with Crippen LogP contribution in [0.5, 0.6) is 5.75 Å². The smallest absolute Gasteiger partial charge is 0.243 e. The van der Waals surface area contributed by atoms with Crippen molar-refractivity contribution in [3.8, 4) is 5.75 Å². The van der Waals surface area contributed by atoms with Gasteiger partial charge in [0.05, 0.1) is 5.69 Å². The van der Waals surface area contributed by atoms with Crippen LogP contribution in [0.15, 0.2) is 36.7 Å². The highest BCUT2D eigenvalue weighted by Crippen LogP contribution is 2.33. The lowest BCUT2D eigenvalue weighted by atomic mass is 10.1. The predicted octanol–water partition coefficient (Wildman–Crippen LogP) is 3.02. The molecule has 7 heteroatoms. The zero-order valence-corrected chi connectivity index (χ0v) is 13.7. The van der Waals surface area contributed by atoms with Crippen LogP contribution in [0.25, 0.3) is 0 Å². The minimum Gasteiger partial charge on any atom is -0.489 e. The maximum absolute atomic E-state index is 12.5. The minimum absolute atomic E-state index is 0.0646. The number of aromatic nitrogens is 2. The van der Waals surface area contributed by atoms with E-state index in [1.54, 1.807) is 29.2 Å². The van der Waals surface area contributed by atoms with E-state index in [0.717, 1.165) is 5.56 Å². The van der Waals surface area contributed by atoms with Crippen molar-refractivity contribution in [3.05, 3.63) is 42.2 Å². The van der Waals surface area contributed by atoms with Gasteiger partial charge in [0.1, 0.15) is 31.6 Å². The number of hydrogen-bond donors (Lipinski definition) is 0. The lowest BCUT2D eigenvalue weighted by Crippen LogP contribution is -2.35. The summed E-state index contributed by atoms with van der Waals surface area (Å²) in [5, 5.41) is 4.12. The number of rotatable bonds is 8. The molecule has 2 rings (SSSR count). The Morgan fingerprint density at radius 2 is 2.26 bits per heavy atom. The number of aryl methyl sites for hydroxylation is 1. The number of para-hydroxylation sites is 1. The molecule has 5 nitrogen and oxygen atoms in total. The SMILES string of the molecule is CCc1cccc(OCCF)c1N(Cn1cccn1)C(=O)CCl. The van der Waals surface area contributed by atoms with Crippen LogP contribution in [0.2, 0.25) is 0 Å². The fourth-order valence-corrected chi connectivity index (χ4v) is 2.44. The number of benzene rings is 1. The Morgan fingerprint density at radius 1 is 1.43 bits per heavy atom. The van der Waals surface area contributed by atoms with Crippen LogP contribution in [-0.4, -0.2) is 34.8 Å². The average Bonchev–Trinajstić information content (AvgIpc) is 3.10. The van der Waals surface area contributed by atoms with Crippen molar-refractivity contribution in [1.29, 1.82) is 0 Å². The van der Waals surface area contributed by atoms with E-state index in [-0.39, 0.29) is 25.1 Å². The normalized spacial score (nSPS) is 10.6. The first-order chi connectivity index (χ1) is 11.2. The van der Waals surface area contributed by atoms with E-state index >= 15 is 0 Å². The Kier molecular flexibility index (Phi) is 6.40. The van der Waals surface area contributed by atoms with E-state index < -0.39 is 6.67 Å². The van der Waals surface area contributed by atoms with Gasteiger partial charge in [0, 0.05) is 12.4 Å². The molecule has 1 aromatic heterocycles. The Bertz CT molecular complexity index is 634. The third kappa shape index (κ3) is 4.22. The lowest BCUT2D eigenvalue weighted by Gasteiger charge is -2.26. The van der Waals surface area contributed by atoms with E-state index in [0.29, 0.717) is 17.9 Å². The zero-order chi connectivity index (χ0) is 16.7. The van der Waals surface area contributed by atoms with E-state index in [1.165, 1.54) is 4.90 Å². The molecule has 0 fully saturated rings. The van der Waals surface area contributed by atoms with Crippen LogP contribution in [0.3, 0.4) is 0 Å². The van der Waals surface area contributed by atoms with Crippen molar-refractivity contribution in [2.75, 3.05) is 24.1 Å². The second-order valence-electron chi connectivity index (χ2n) is 4.80. The number of carbonyl (C=O) groups is 1. The average molecular weight is 340 g/mol. The van der Waals surface area contributed by atoms with Gasteiger partial charge in [-0.05, 0) is 24.1 Å². The highest BCUT2D eigenvalue weighted by molar-refractivity contribution is 6.29. The monoisotopic (exact) mass is 339 g/mol. The second-order valence-corrected chi connectivity index (χ2v) is 5.06. The molecule has 0 spiro atoms. The molecule has 0 aliphatic rings. The third-order valence-electron chi connectivity index (χ3n) is 3.33. The second kappa shape index (κ2) is 8.53. The van der Waals surface area contributed by atoms with Crippen molar-refractivity contribution in [2.24, 2.45) is 0 Å². The maximum atomic E-state index is 12.5. The van der Waals surface area contributed by atoms with E-state index in [1.807, 2.05) is 19.1 Å². The van der Waals surface area contributed by atoms with Gasteiger partial charge in [-0.3, -0.25) is 14.4 Å². The molecule has 0 aliphatic heterocycles. The van der Waals surface area contributed by atoms with Gasteiger partial charge in [-0.25, -0.2) is 4.39 Å². The molecule has 2 aromatic rings. The standard InChI is InChI=1S/C16H19ClFN3O2/c1-2-13-5-3-6-14(23-10-7-18)16(13)21(15(22)11-17)12-20-9-4-8-19-20/h3-6,8-9H,2,7,10-12H2,1H3. The summed E-state index contributed by atoms with van der Waals surface area (Å²) in [5.74, 6) is 0.0304. The molecule has 23 heavy (non-hydrogen) atoms. The van der Waals surface area contributed by atoms with Crippen molar-refractivity contribution in [2.45, 2.75) is 20.0 Å². The minimum atomic E-state index is -0.599. The van der Waals surface area contributed by atoms with Gasteiger partial charge >= 0.3 is 0 Å². The molecule has 0 atom stereocenters. The van der Waals surface area contributed by atoms with Gasteiger partial charge in [-0.15, -0.1) is 11.6 Å². The number of alkyl halides is 2. The Balaban J connectivity index is 2.44. The number of halogens is 2. The molecule has 0 N–H and O–H groups in total. The Labute approximate surface area is 139 Å². The fraction of sp³-hybridized carbons (Fsp3) is 0.375. The predicted molar refractivity (Wildman–Crippen MR) is 87.7 cm³/mol. The first kappa shape index (κ1) is 17.3. The lowest BCUT2D eigenvalue weighted by molar-refractivity contribution is -0.116. The molecule has 0 bridgehead atoms. The summed E-state index contributed by atoms with van der Waals surface area (Å²) in [6, 6.07) is 7.24. The highest BCUT2D eigenvalue weighted by Gasteiger charge is 2.22. The first-order valence-corrected chi connectivity index (χ1v) is 7.89. The molecule has 124 valence electrons. The number of ether oxygens (including phenoxy) is 1. The fourth-order valence-electron chi connectivity index (χ4n) is 2.30. The van der Waals surface area contributed by atoms with Gasteiger partial charge in [0.15, 0.2) is 0 Å². The first-order valence-electron chi connectivity index (χ1n) is 7.35. The van der Waals surface area contributed by atoms with Crippen LogP contribution in [0, 0.1) is 0 Å². The topological polar surface area (TPSA) is 47.4 Å². The quantitative estimate of drug-likeness (QED) is 0.694. The van der Waals surface area contributed by atoms with Crippen LogP contribution in [-0.2, 0) is 17.9 Å². The molecule has 1 amide bonds. The molecule has 0 aliphatic carbocycles. The number of amides is 1. The molecular weight excluding hydrogens is 321 g/mol. The van der Waals surface area contributed by atoms with Crippen molar-refractivity contribution < 1.29 is 13.9 Å². The molecule has 0 unspecified atom stereocenters. The number of carbonyl (C=O) groups excluding carboxylic acids is 1. The van der Waals surface area contributed by atoms with Gasteiger partial charge in [0.2, 0.25) is 5.91 Å². The summed E-state index contributed by atoms with van der Waals surface area (Å²) in [5.41, 5.74) is 1.54.